The van der Waals surface area contributed by atoms with Gasteiger partial charge in [0.1, 0.15) is 5.54 Å². The number of hydrogen-bond acceptors (Lipinski definition) is 4. The van der Waals surface area contributed by atoms with Crippen LogP contribution in [0.3, 0.4) is 0 Å². The summed E-state index contributed by atoms with van der Waals surface area (Å²) in [5, 5.41) is 13.5. The van der Waals surface area contributed by atoms with E-state index >= 15 is 0 Å². The van der Waals surface area contributed by atoms with Gasteiger partial charge in [0.15, 0.2) is 0 Å². The number of carbonyl (C=O) groups is 1. The maximum atomic E-state index is 13.0. The van der Waals surface area contributed by atoms with Crippen molar-refractivity contribution >= 4 is 16.0 Å². The van der Waals surface area contributed by atoms with Crippen molar-refractivity contribution in [1.82, 2.24) is 14.5 Å². The van der Waals surface area contributed by atoms with Gasteiger partial charge in [-0.15, -0.1) is 0 Å². The third-order valence-corrected chi connectivity index (χ3v) is 7.24. The summed E-state index contributed by atoms with van der Waals surface area (Å²) >= 11 is 0. The fourth-order valence-corrected chi connectivity index (χ4v) is 5.43. The van der Waals surface area contributed by atoms with Crippen LogP contribution >= 0.6 is 0 Å². The highest BCUT2D eigenvalue weighted by Gasteiger charge is 2.70. The molecule has 1 saturated carbocycles. The van der Waals surface area contributed by atoms with E-state index in [9.17, 15) is 31.5 Å². The quantitative estimate of drug-likeness (QED) is 0.581. The number of benzene rings is 2. The van der Waals surface area contributed by atoms with Gasteiger partial charge in [0.25, 0.3) is 0 Å². The lowest BCUT2D eigenvalue weighted by Crippen LogP contribution is -2.45. The maximum absolute atomic E-state index is 13.0. The molecule has 4 rings (SSSR count). The van der Waals surface area contributed by atoms with Crippen molar-refractivity contribution in [2.45, 2.75) is 29.5 Å². The van der Waals surface area contributed by atoms with Gasteiger partial charge in [0, 0.05) is 12.1 Å². The number of aliphatic carboxylic acids is 1. The fourth-order valence-electron chi connectivity index (χ4n) is 3.97. The average molecular weight is 465 g/mol. The van der Waals surface area contributed by atoms with Crippen molar-refractivity contribution in [2.24, 2.45) is 5.92 Å². The summed E-state index contributed by atoms with van der Waals surface area (Å²) in [6.07, 6.45) is -3.09. The Bertz CT molecular complexity index is 1260. The van der Waals surface area contributed by atoms with Gasteiger partial charge in [0.2, 0.25) is 10.0 Å². The van der Waals surface area contributed by atoms with E-state index in [2.05, 4.69) is 9.82 Å². The van der Waals surface area contributed by atoms with Gasteiger partial charge in [-0.1, -0.05) is 37.3 Å². The molecule has 0 aliphatic heterocycles. The number of alkyl halides is 3. The number of carboxylic acid groups (broad SMARTS) is 1. The van der Waals surface area contributed by atoms with Crippen LogP contribution in [0, 0.1) is 5.92 Å². The van der Waals surface area contributed by atoms with Gasteiger partial charge < -0.3 is 5.11 Å². The molecule has 7 nitrogen and oxygen atoms in total. The lowest BCUT2D eigenvalue weighted by molar-refractivity contribution is -0.140. The molecule has 1 fully saturated rings. The second kappa shape index (κ2) is 7.45. The van der Waals surface area contributed by atoms with E-state index in [-0.39, 0.29) is 10.6 Å². The molecule has 1 aliphatic carbocycles. The lowest BCUT2D eigenvalue weighted by atomic mass is 10.1. The second-order valence-corrected chi connectivity index (χ2v) is 9.30. The Morgan fingerprint density at radius 1 is 1.12 bits per heavy atom. The normalized spacial score (nSPS) is 23.1. The monoisotopic (exact) mass is 465 g/mol. The van der Waals surface area contributed by atoms with Crippen molar-refractivity contribution in [1.29, 1.82) is 0 Å². The van der Waals surface area contributed by atoms with Crippen LogP contribution in [0.1, 0.15) is 24.0 Å². The number of halogens is 3. The molecule has 3 atom stereocenters. The first-order valence-corrected chi connectivity index (χ1v) is 11.0. The molecule has 0 radical (unpaired) electrons. The highest BCUT2D eigenvalue weighted by atomic mass is 32.2. The van der Waals surface area contributed by atoms with Gasteiger partial charge in [-0.3, -0.25) is 4.79 Å². The van der Waals surface area contributed by atoms with E-state index in [0.717, 1.165) is 10.9 Å². The largest absolute Gasteiger partial charge is 0.480 e. The van der Waals surface area contributed by atoms with E-state index in [0.29, 0.717) is 11.8 Å². The van der Waals surface area contributed by atoms with Crippen molar-refractivity contribution in [2.75, 3.05) is 0 Å². The first-order valence-electron chi connectivity index (χ1n) is 9.51. The Balaban J connectivity index is 1.60. The summed E-state index contributed by atoms with van der Waals surface area (Å²) in [5.74, 6) is -2.31. The van der Waals surface area contributed by atoms with E-state index in [4.69, 9.17) is 0 Å². The first-order chi connectivity index (χ1) is 15.0. The van der Waals surface area contributed by atoms with Gasteiger partial charge in [-0.05, 0) is 35.7 Å². The van der Waals surface area contributed by atoms with Crippen molar-refractivity contribution in [3.63, 3.8) is 0 Å². The number of nitrogens with zero attached hydrogens (tertiary/aromatic N) is 2. The maximum Gasteiger partial charge on any atom is 0.419 e. The molecule has 2 N–H and O–H groups in total. The highest BCUT2D eigenvalue weighted by molar-refractivity contribution is 7.89. The number of hydrogen-bond donors (Lipinski definition) is 2. The summed E-state index contributed by atoms with van der Waals surface area (Å²) in [6.45, 7) is 1.66. The van der Waals surface area contributed by atoms with Crippen LogP contribution in [0.2, 0.25) is 0 Å². The van der Waals surface area contributed by atoms with Crippen LogP contribution in [0.4, 0.5) is 13.2 Å². The molecule has 168 valence electrons. The number of carboxylic acids is 1. The Morgan fingerprint density at radius 2 is 1.75 bits per heavy atom. The topological polar surface area (TPSA) is 101 Å². The molecular weight excluding hydrogens is 447 g/mol. The molecule has 0 amide bonds. The molecule has 0 unspecified atom stereocenters. The van der Waals surface area contributed by atoms with Gasteiger partial charge in [-0.25, -0.2) is 13.1 Å². The summed E-state index contributed by atoms with van der Waals surface area (Å²) in [4.78, 5) is 11.9. The molecule has 0 bridgehead atoms. The molecule has 1 heterocycles. The Labute approximate surface area is 181 Å². The van der Waals surface area contributed by atoms with Crippen LogP contribution in [-0.2, 0) is 21.0 Å². The highest BCUT2D eigenvalue weighted by Crippen LogP contribution is 2.58. The summed E-state index contributed by atoms with van der Waals surface area (Å²) in [6, 6.07) is 13.7. The van der Waals surface area contributed by atoms with E-state index in [1.165, 1.54) is 24.3 Å². The minimum absolute atomic E-state index is 0.212. The second-order valence-electron chi connectivity index (χ2n) is 7.62. The number of aromatic nitrogens is 2. The number of sulfonamides is 1. The van der Waals surface area contributed by atoms with Gasteiger partial charge in [0.05, 0.1) is 22.3 Å². The number of rotatable bonds is 6. The van der Waals surface area contributed by atoms with Crippen LogP contribution < -0.4 is 4.72 Å². The molecule has 0 spiro atoms. The molecule has 11 heteroatoms. The molecule has 0 saturated heterocycles. The third-order valence-electron chi connectivity index (χ3n) is 5.74. The minimum atomic E-state index is -4.55. The third kappa shape index (κ3) is 3.67. The zero-order valence-electron chi connectivity index (χ0n) is 16.6. The zero-order chi connectivity index (χ0) is 23.3. The molecule has 2 aromatic carbocycles. The fraction of sp³-hybridized carbons (Fsp3) is 0.238. The molecular formula is C21H18F3N3O4S. The Kier molecular flexibility index (Phi) is 5.13. The summed E-state index contributed by atoms with van der Waals surface area (Å²) < 4.78 is 67.5. The van der Waals surface area contributed by atoms with E-state index < -0.39 is 45.1 Å². The van der Waals surface area contributed by atoms with Gasteiger partial charge in [-0.2, -0.15) is 23.0 Å². The summed E-state index contributed by atoms with van der Waals surface area (Å²) in [7, 11) is -4.23. The van der Waals surface area contributed by atoms with Crippen LogP contribution in [0.15, 0.2) is 71.9 Å². The van der Waals surface area contributed by atoms with Crippen LogP contribution in [0.25, 0.3) is 5.69 Å². The van der Waals surface area contributed by atoms with Crippen molar-refractivity contribution in [3.05, 3.63) is 78.1 Å². The van der Waals surface area contributed by atoms with Crippen molar-refractivity contribution < 1.29 is 31.5 Å². The zero-order valence-corrected chi connectivity index (χ0v) is 17.4. The predicted octanol–water partition coefficient (Wildman–Crippen LogP) is 3.43. The van der Waals surface area contributed by atoms with E-state index in [1.54, 1.807) is 37.3 Å². The smallest absolute Gasteiger partial charge is 0.419 e. The van der Waals surface area contributed by atoms with Crippen molar-refractivity contribution in [3.8, 4) is 5.69 Å². The number of nitrogens with one attached hydrogen (secondary N) is 1. The van der Waals surface area contributed by atoms with Gasteiger partial charge >= 0.3 is 12.1 Å². The standard InChI is InChI=1S/C21H18F3N3O4S/c1-13-18(14-5-3-2-4-6-14)20(13,19(28)29)26-32(30,31)17-9-7-16(8-10-17)27-12-15(11-25-27)21(22,23)24/h2-13,18,26H,1H3,(H,28,29)/t13-,18-,20+/m1/s1. The average Bonchev–Trinajstić information content (AvgIpc) is 3.09. The Morgan fingerprint density at radius 3 is 2.28 bits per heavy atom. The molecule has 3 aromatic rings. The molecule has 1 aliphatic rings. The SMILES string of the molecule is C[C@@H]1[C@H](c2ccccc2)[C@]1(NS(=O)(=O)c1ccc(-n2cc(C(F)(F)F)cn2)cc1)C(=O)O. The predicted molar refractivity (Wildman–Crippen MR) is 108 cm³/mol. The minimum Gasteiger partial charge on any atom is -0.480 e. The molecule has 1 aromatic heterocycles. The molecule has 32 heavy (non-hydrogen) atoms. The van der Waals surface area contributed by atoms with Crippen LogP contribution in [-0.4, -0.2) is 34.8 Å². The lowest BCUT2D eigenvalue weighted by Gasteiger charge is -2.16. The first kappa shape index (κ1) is 22.0. The van der Waals surface area contributed by atoms with E-state index in [1.807, 2.05) is 0 Å². The summed E-state index contributed by atoms with van der Waals surface area (Å²) in [5.41, 5.74) is -1.70. The Hall–Kier alpha value is -3.18. The van der Waals surface area contributed by atoms with Crippen LogP contribution in [0.5, 0.6) is 0 Å².